The van der Waals surface area contributed by atoms with Gasteiger partial charge in [-0.25, -0.2) is 13.2 Å². The number of nitrogens with two attached hydrogens (primary N) is 1. The minimum absolute atomic E-state index is 0.328. The third-order valence-electron chi connectivity index (χ3n) is 5.39. The lowest BCUT2D eigenvalue weighted by Crippen LogP contribution is -2.35. The summed E-state index contributed by atoms with van der Waals surface area (Å²) < 4.78 is 64.2. The Labute approximate surface area is 205 Å². The maximum Gasteiger partial charge on any atom is 0.490 e. The van der Waals surface area contributed by atoms with Crippen molar-refractivity contribution in [2.24, 2.45) is 5.73 Å². The zero-order valence-corrected chi connectivity index (χ0v) is 19.9. The second-order valence-electron chi connectivity index (χ2n) is 8.00. The summed E-state index contributed by atoms with van der Waals surface area (Å²) >= 11 is 0. The topological polar surface area (TPSA) is 140 Å². The third-order valence-corrected chi connectivity index (χ3v) is 7.30. The fraction of sp³-hybridized carbons (Fsp3) is 0.348. The Morgan fingerprint density at radius 2 is 1.56 bits per heavy atom. The van der Waals surface area contributed by atoms with Crippen molar-refractivity contribution in [1.82, 2.24) is 14.4 Å². The second kappa shape index (κ2) is 11.6. The molecule has 1 fully saturated rings. The van der Waals surface area contributed by atoms with E-state index < -0.39 is 22.2 Å². The fourth-order valence-electron chi connectivity index (χ4n) is 3.44. The Kier molecular flexibility index (Phi) is 8.82. The van der Waals surface area contributed by atoms with Crippen LogP contribution in [0.25, 0.3) is 11.4 Å². The predicted octanol–water partition coefficient (Wildman–Crippen LogP) is 3.59. The highest BCUT2D eigenvalue weighted by atomic mass is 32.2. The lowest BCUT2D eigenvalue weighted by Gasteiger charge is -2.25. The minimum Gasteiger partial charge on any atom is -0.475 e. The minimum atomic E-state index is -5.08. The van der Waals surface area contributed by atoms with Crippen LogP contribution in [0.3, 0.4) is 0 Å². The van der Waals surface area contributed by atoms with Crippen molar-refractivity contribution in [3.8, 4) is 11.4 Å². The molecule has 1 saturated heterocycles. The molecule has 0 atom stereocenters. The second-order valence-corrected chi connectivity index (χ2v) is 9.94. The van der Waals surface area contributed by atoms with Crippen LogP contribution in [0.15, 0.2) is 57.9 Å². The molecule has 3 aromatic rings. The zero-order valence-electron chi connectivity index (χ0n) is 19.1. The van der Waals surface area contributed by atoms with Gasteiger partial charge in [0.15, 0.2) is 0 Å². The number of hydrogen-bond donors (Lipinski definition) is 2. The van der Waals surface area contributed by atoms with Crippen molar-refractivity contribution in [2.45, 2.75) is 43.3 Å². The average Bonchev–Trinajstić information content (AvgIpc) is 3.33. The molecule has 1 aliphatic rings. The summed E-state index contributed by atoms with van der Waals surface area (Å²) in [4.78, 5) is 13.7. The highest BCUT2D eigenvalue weighted by molar-refractivity contribution is 7.89. The van der Waals surface area contributed by atoms with Crippen molar-refractivity contribution >= 4 is 16.0 Å². The molecule has 4 rings (SSSR count). The molecule has 2 aromatic carbocycles. The van der Waals surface area contributed by atoms with Crippen LogP contribution in [-0.2, 0) is 27.8 Å². The van der Waals surface area contributed by atoms with Gasteiger partial charge in [-0.2, -0.15) is 22.5 Å². The molecule has 0 saturated carbocycles. The van der Waals surface area contributed by atoms with Crippen LogP contribution in [0.4, 0.5) is 13.2 Å². The molecule has 9 nitrogen and oxygen atoms in total. The number of rotatable bonds is 6. The van der Waals surface area contributed by atoms with Crippen LogP contribution >= 0.6 is 0 Å². The largest absolute Gasteiger partial charge is 0.490 e. The summed E-state index contributed by atoms with van der Waals surface area (Å²) in [7, 11) is -3.42. The number of hydrogen-bond acceptors (Lipinski definition) is 7. The smallest absolute Gasteiger partial charge is 0.475 e. The summed E-state index contributed by atoms with van der Waals surface area (Å²) in [6, 6.07) is 14.6. The van der Waals surface area contributed by atoms with E-state index in [0.29, 0.717) is 42.7 Å². The van der Waals surface area contributed by atoms with Crippen LogP contribution < -0.4 is 5.73 Å². The van der Waals surface area contributed by atoms with Gasteiger partial charge in [-0.15, -0.1) is 0 Å². The van der Waals surface area contributed by atoms with Gasteiger partial charge in [0, 0.05) is 25.2 Å². The van der Waals surface area contributed by atoms with Crippen molar-refractivity contribution in [3.05, 3.63) is 65.5 Å². The molecule has 0 aliphatic carbocycles. The number of nitrogens with zero attached hydrogens (tertiary/aromatic N) is 3. The van der Waals surface area contributed by atoms with Crippen molar-refractivity contribution < 1.29 is 36.0 Å². The summed E-state index contributed by atoms with van der Waals surface area (Å²) in [5, 5.41) is 11.2. The van der Waals surface area contributed by atoms with E-state index in [1.165, 1.54) is 0 Å². The fourth-order valence-corrected chi connectivity index (χ4v) is 4.96. The van der Waals surface area contributed by atoms with Gasteiger partial charge >= 0.3 is 12.1 Å². The number of aromatic nitrogens is 2. The molecular weight excluding hydrogens is 501 g/mol. The van der Waals surface area contributed by atoms with E-state index in [1.807, 2.05) is 24.3 Å². The van der Waals surface area contributed by atoms with Crippen molar-refractivity contribution in [1.29, 1.82) is 0 Å². The van der Waals surface area contributed by atoms with E-state index in [2.05, 4.69) is 10.1 Å². The zero-order chi connectivity index (χ0) is 26.3. The molecule has 1 aromatic heterocycles. The third kappa shape index (κ3) is 7.12. The lowest BCUT2D eigenvalue weighted by molar-refractivity contribution is -0.192. The number of piperidine rings is 1. The van der Waals surface area contributed by atoms with Crippen LogP contribution in [0.5, 0.6) is 0 Å². The number of carboxylic acid groups (broad SMARTS) is 1. The molecule has 0 spiro atoms. The van der Waals surface area contributed by atoms with Gasteiger partial charge in [0.05, 0.1) is 11.3 Å². The van der Waals surface area contributed by atoms with Gasteiger partial charge in [-0.3, -0.25) is 0 Å². The number of sulfonamides is 1. The van der Waals surface area contributed by atoms with Gasteiger partial charge in [0.2, 0.25) is 21.7 Å². The molecule has 194 valence electrons. The van der Waals surface area contributed by atoms with Crippen molar-refractivity contribution in [3.63, 3.8) is 0 Å². The quantitative estimate of drug-likeness (QED) is 0.497. The molecule has 13 heteroatoms. The Bertz CT molecular complexity index is 1250. The number of carbonyl (C=O) groups is 1. The maximum absolute atomic E-state index is 12.7. The van der Waals surface area contributed by atoms with Crippen molar-refractivity contribution in [2.75, 3.05) is 13.1 Å². The maximum atomic E-state index is 12.7. The summed E-state index contributed by atoms with van der Waals surface area (Å²) in [6.45, 7) is 1.68. The Hall–Kier alpha value is -3.29. The number of alkyl halides is 3. The number of carboxylic acids is 1. The summed E-state index contributed by atoms with van der Waals surface area (Å²) in [6.07, 6.45) is -1.70. The molecule has 2 heterocycles. The molecular formula is C23H25F3N4O5S. The van der Waals surface area contributed by atoms with Gasteiger partial charge in [0.1, 0.15) is 0 Å². The molecule has 1 aliphatic heterocycles. The van der Waals surface area contributed by atoms with Gasteiger partial charge in [-0.05, 0) is 36.1 Å². The van der Waals surface area contributed by atoms with Gasteiger partial charge in [0.25, 0.3) is 0 Å². The number of benzene rings is 2. The van der Waals surface area contributed by atoms with Crippen LogP contribution in [0.2, 0.25) is 0 Å². The van der Waals surface area contributed by atoms with E-state index in [1.54, 1.807) is 28.6 Å². The van der Waals surface area contributed by atoms with Crippen LogP contribution in [0.1, 0.15) is 36.3 Å². The molecule has 3 N–H and O–H groups in total. The summed E-state index contributed by atoms with van der Waals surface area (Å²) in [5.41, 5.74) is 8.43. The first-order chi connectivity index (χ1) is 17.0. The molecule has 36 heavy (non-hydrogen) atoms. The molecule has 0 radical (unpaired) electrons. The van der Waals surface area contributed by atoms with E-state index in [-0.39, 0.29) is 0 Å². The van der Waals surface area contributed by atoms with Crippen LogP contribution in [0, 0.1) is 0 Å². The molecule has 0 amide bonds. The van der Waals surface area contributed by atoms with E-state index in [0.717, 1.165) is 36.0 Å². The Morgan fingerprint density at radius 3 is 2.08 bits per heavy atom. The number of aliphatic carboxylic acids is 1. The summed E-state index contributed by atoms with van der Waals surface area (Å²) in [5.74, 6) is -1.75. The van der Waals surface area contributed by atoms with E-state index in [9.17, 15) is 21.6 Å². The van der Waals surface area contributed by atoms with E-state index >= 15 is 0 Å². The Balaban J connectivity index is 0.000000454. The SMILES string of the molecule is NCc1ccc(-c2noc(Cc3ccc(S(=O)(=O)N4CCCCC4)cc3)n2)cc1.O=C(O)C(F)(F)F. The van der Waals surface area contributed by atoms with Gasteiger partial charge < -0.3 is 15.4 Å². The normalized spacial score (nSPS) is 14.7. The molecule has 0 unspecified atom stereocenters. The van der Waals surface area contributed by atoms with Crippen LogP contribution in [-0.4, -0.2) is 53.2 Å². The highest BCUT2D eigenvalue weighted by Gasteiger charge is 2.38. The standard InChI is InChI=1S/C21H24N4O3S.C2HF3O2/c22-15-17-4-8-18(9-5-17)21-23-20(28-24-21)14-16-6-10-19(11-7-16)29(26,27)25-12-2-1-3-13-25;3-2(4,5)1(6)7/h4-11H,1-3,12-15,22H2;(H,6,7). The monoisotopic (exact) mass is 526 g/mol. The first-order valence-corrected chi connectivity index (χ1v) is 12.5. The number of halogens is 3. The lowest BCUT2D eigenvalue weighted by atomic mass is 10.1. The first-order valence-electron chi connectivity index (χ1n) is 11.0. The first kappa shape index (κ1) is 27.3. The van der Waals surface area contributed by atoms with E-state index in [4.69, 9.17) is 20.2 Å². The predicted molar refractivity (Wildman–Crippen MR) is 123 cm³/mol. The Morgan fingerprint density at radius 1 is 1.00 bits per heavy atom. The highest BCUT2D eigenvalue weighted by Crippen LogP contribution is 2.22. The average molecular weight is 527 g/mol. The van der Waals surface area contributed by atoms with Gasteiger partial charge in [-0.1, -0.05) is 48.0 Å². The molecule has 0 bridgehead atoms.